The fourth-order valence-corrected chi connectivity index (χ4v) is 1.93. The van der Waals surface area contributed by atoms with Crippen molar-refractivity contribution < 1.29 is 4.79 Å². The lowest BCUT2D eigenvalue weighted by Crippen LogP contribution is -2.42. The van der Waals surface area contributed by atoms with E-state index in [1.165, 1.54) is 12.8 Å². The molecule has 1 saturated carbocycles. The average molecular weight is 183 g/mol. The van der Waals surface area contributed by atoms with Crippen LogP contribution in [0.4, 0.5) is 4.79 Å². The Hall–Kier alpha value is -0.770. The van der Waals surface area contributed by atoms with E-state index in [2.05, 4.69) is 15.5 Å². The van der Waals surface area contributed by atoms with Crippen LogP contribution in [0.3, 0.4) is 0 Å². The lowest BCUT2D eigenvalue weighted by atomic mass is 10.3. The number of amides is 2. The molecule has 0 aromatic carbocycles. The highest BCUT2D eigenvalue weighted by molar-refractivity contribution is 5.73. The van der Waals surface area contributed by atoms with Crippen LogP contribution in [0.1, 0.15) is 19.3 Å². The standard InChI is InChI=1S/C9H17N3O/c1-10-9(13)11-7-4-5-12(6-7)8-2-3-8/h7-8H,2-6H2,1H3,(H2,10,11,13). The Bertz CT molecular complexity index is 203. The molecular formula is C9H17N3O. The fraction of sp³-hybridized carbons (Fsp3) is 0.889. The van der Waals surface area contributed by atoms with E-state index in [1.54, 1.807) is 7.05 Å². The minimum absolute atomic E-state index is 0.0531. The predicted octanol–water partition coefficient (Wildman–Crippen LogP) is 0.152. The van der Waals surface area contributed by atoms with Crippen LogP contribution >= 0.6 is 0 Å². The molecule has 0 aromatic heterocycles. The zero-order valence-corrected chi connectivity index (χ0v) is 8.05. The molecule has 0 aromatic rings. The summed E-state index contributed by atoms with van der Waals surface area (Å²) in [6.45, 7) is 2.19. The summed E-state index contributed by atoms with van der Waals surface area (Å²) in [7, 11) is 1.66. The van der Waals surface area contributed by atoms with Gasteiger partial charge in [-0.3, -0.25) is 4.90 Å². The summed E-state index contributed by atoms with van der Waals surface area (Å²) < 4.78 is 0. The first-order valence-corrected chi connectivity index (χ1v) is 5.02. The maximum Gasteiger partial charge on any atom is 0.314 e. The van der Waals surface area contributed by atoms with Gasteiger partial charge in [-0.05, 0) is 19.3 Å². The number of carbonyl (C=O) groups excluding carboxylic acids is 1. The Morgan fingerprint density at radius 2 is 2.15 bits per heavy atom. The van der Waals surface area contributed by atoms with E-state index in [-0.39, 0.29) is 6.03 Å². The van der Waals surface area contributed by atoms with E-state index in [0.717, 1.165) is 25.6 Å². The number of hydrogen-bond donors (Lipinski definition) is 2. The summed E-state index contributed by atoms with van der Waals surface area (Å²) in [6.07, 6.45) is 3.81. The van der Waals surface area contributed by atoms with E-state index >= 15 is 0 Å². The van der Waals surface area contributed by atoms with Crippen LogP contribution in [0.15, 0.2) is 0 Å². The normalized spacial score (nSPS) is 28.8. The minimum atomic E-state index is -0.0531. The number of likely N-dealkylation sites (tertiary alicyclic amines) is 1. The molecule has 4 nitrogen and oxygen atoms in total. The molecule has 4 heteroatoms. The molecule has 0 bridgehead atoms. The third-order valence-corrected chi connectivity index (χ3v) is 2.85. The Balaban J connectivity index is 1.74. The van der Waals surface area contributed by atoms with Crippen molar-refractivity contribution >= 4 is 6.03 Å². The van der Waals surface area contributed by atoms with Gasteiger partial charge < -0.3 is 10.6 Å². The number of carbonyl (C=O) groups is 1. The molecule has 74 valence electrons. The molecule has 1 unspecified atom stereocenters. The van der Waals surface area contributed by atoms with Crippen molar-refractivity contribution in [2.75, 3.05) is 20.1 Å². The monoisotopic (exact) mass is 183 g/mol. The van der Waals surface area contributed by atoms with Crippen LogP contribution in [0, 0.1) is 0 Å². The van der Waals surface area contributed by atoms with Crippen molar-refractivity contribution in [3.8, 4) is 0 Å². The van der Waals surface area contributed by atoms with Crippen LogP contribution < -0.4 is 10.6 Å². The molecule has 2 amide bonds. The van der Waals surface area contributed by atoms with E-state index in [9.17, 15) is 4.79 Å². The summed E-state index contributed by atoms with van der Waals surface area (Å²) in [5.74, 6) is 0. The van der Waals surface area contributed by atoms with E-state index in [4.69, 9.17) is 0 Å². The summed E-state index contributed by atoms with van der Waals surface area (Å²) in [5.41, 5.74) is 0. The van der Waals surface area contributed by atoms with Crippen LogP contribution in [0.2, 0.25) is 0 Å². The number of nitrogens with one attached hydrogen (secondary N) is 2. The summed E-state index contributed by atoms with van der Waals surface area (Å²) in [4.78, 5) is 13.5. The SMILES string of the molecule is CNC(=O)NC1CCN(C2CC2)C1. The lowest BCUT2D eigenvalue weighted by molar-refractivity contribution is 0.238. The number of rotatable bonds is 2. The highest BCUT2D eigenvalue weighted by Gasteiger charge is 2.34. The fourth-order valence-electron chi connectivity index (χ4n) is 1.93. The van der Waals surface area contributed by atoms with Gasteiger partial charge in [0, 0.05) is 32.2 Å². The Labute approximate surface area is 78.7 Å². The van der Waals surface area contributed by atoms with Gasteiger partial charge in [0.1, 0.15) is 0 Å². The second-order valence-electron chi connectivity index (χ2n) is 3.94. The molecule has 1 atom stereocenters. The van der Waals surface area contributed by atoms with Gasteiger partial charge in [0.05, 0.1) is 0 Å². The second-order valence-corrected chi connectivity index (χ2v) is 3.94. The molecule has 13 heavy (non-hydrogen) atoms. The first-order chi connectivity index (χ1) is 6.29. The predicted molar refractivity (Wildman–Crippen MR) is 50.6 cm³/mol. The Morgan fingerprint density at radius 3 is 2.77 bits per heavy atom. The van der Waals surface area contributed by atoms with Crippen LogP contribution in [-0.4, -0.2) is 43.2 Å². The summed E-state index contributed by atoms with van der Waals surface area (Å²) in [5, 5.41) is 5.53. The lowest BCUT2D eigenvalue weighted by Gasteiger charge is -2.15. The van der Waals surface area contributed by atoms with E-state index in [0.29, 0.717) is 6.04 Å². The molecule has 1 heterocycles. The van der Waals surface area contributed by atoms with Crippen molar-refractivity contribution in [1.82, 2.24) is 15.5 Å². The van der Waals surface area contributed by atoms with Gasteiger partial charge in [-0.25, -0.2) is 4.79 Å². The smallest absolute Gasteiger partial charge is 0.314 e. The van der Waals surface area contributed by atoms with Crippen LogP contribution in [-0.2, 0) is 0 Å². The first-order valence-electron chi connectivity index (χ1n) is 5.02. The topological polar surface area (TPSA) is 44.4 Å². The van der Waals surface area contributed by atoms with Gasteiger partial charge in [0.2, 0.25) is 0 Å². The highest BCUT2D eigenvalue weighted by atomic mass is 16.2. The number of hydrogen-bond acceptors (Lipinski definition) is 2. The second kappa shape index (κ2) is 3.54. The van der Waals surface area contributed by atoms with Crippen molar-refractivity contribution in [1.29, 1.82) is 0 Å². The maximum absolute atomic E-state index is 11.0. The molecule has 2 fully saturated rings. The highest BCUT2D eigenvalue weighted by Crippen LogP contribution is 2.29. The number of urea groups is 1. The van der Waals surface area contributed by atoms with Gasteiger partial charge in [-0.2, -0.15) is 0 Å². The average Bonchev–Trinajstić information content (AvgIpc) is 2.88. The molecule has 1 aliphatic carbocycles. The van der Waals surface area contributed by atoms with E-state index in [1.807, 2.05) is 0 Å². The van der Waals surface area contributed by atoms with E-state index < -0.39 is 0 Å². The van der Waals surface area contributed by atoms with Gasteiger partial charge in [0.15, 0.2) is 0 Å². The molecule has 0 radical (unpaired) electrons. The molecule has 1 aliphatic heterocycles. The van der Waals surface area contributed by atoms with Gasteiger partial charge in [-0.1, -0.05) is 0 Å². The third-order valence-electron chi connectivity index (χ3n) is 2.85. The summed E-state index contributed by atoms with van der Waals surface area (Å²) >= 11 is 0. The van der Waals surface area contributed by atoms with Crippen LogP contribution in [0.25, 0.3) is 0 Å². The minimum Gasteiger partial charge on any atom is -0.341 e. The van der Waals surface area contributed by atoms with Crippen molar-refractivity contribution in [3.05, 3.63) is 0 Å². The van der Waals surface area contributed by atoms with Gasteiger partial charge in [0.25, 0.3) is 0 Å². The largest absolute Gasteiger partial charge is 0.341 e. The first kappa shape index (κ1) is 8.81. The number of nitrogens with zero attached hydrogens (tertiary/aromatic N) is 1. The van der Waals surface area contributed by atoms with Gasteiger partial charge in [-0.15, -0.1) is 0 Å². The van der Waals surface area contributed by atoms with Crippen LogP contribution in [0.5, 0.6) is 0 Å². The zero-order chi connectivity index (χ0) is 9.26. The molecule has 1 saturated heterocycles. The zero-order valence-electron chi connectivity index (χ0n) is 8.05. The van der Waals surface area contributed by atoms with Crippen molar-refractivity contribution in [3.63, 3.8) is 0 Å². The molecule has 2 aliphatic rings. The Morgan fingerprint density at radius 1 is 1.38 bits per heavy atom. The quantitative estimate of drug-likeness (QED) is 0.640. The van der Waals surface area contributed by atoms with Crippen molar-refractivity contribution in [2.45, 2.75) is 31.3 Å². The van der Waals surface area contributed by atoms with Gasteiger partial charge >= 0.3 is 6.03 Å². The maximum atomic E-state index is 11.0. The molecule has 2 rings (SSSR count). The molecular weight excluding hydrogens is 166 g/mol. The van der Waals surface area contributed by atoms with Crippen molar-refractivity contribution in [2.24, 2.45) is 0 Å². The molecule has 2 N–H and O–H groups in total. The summed E-state index contributed by atoms with van der Waals surface area (Å²) in [6, 6.07) is 1.14. The molecule has 0 spiro atoms. The third kappa shape index (κ3) is 2.12. The Kier molecular flexibility index (Phi) is 2.40.